The smallest absolute Gasteiger partial charge is 0.407 e. The van der Waals surface area contributed by atoms with Gasteiger partial charge >= 0.3 is 6.09 Å². The Labute approximate surface area is 153 Å². The predicted octanol–water partition coefficient (Wildman–Crippen LogP) is 2.68. The van der Waals surface area contributed by atoms with E-state index in [2.05, 4.69) is 5.32 Å². The van der Waals surface area contributed by atoms with Crippen molar-refractivity contribution < 1.29 is 23.8 Å². The molecule has 1 aromatic carbocycles. The molecule has 0 bridgehead atoms. The number of amides is 2. The number of halogens is 1. The summed E-state index contributed by atoms with van der Waals surface area (Å²) in [6.45, 7) is 7.44. The Morgan fingerprint density at radius 2 is 2.15 bits per heavy atom. The first kappa shape index (κ1) is 20.2. The van der Waals surface area contributed by atoms with Crippen molar-refractivity contribution >= 4 is 12.0 Å². The van der Waals surface area contributed by atoms with Crippen LogP contribution in [0.25, 0.3) is 0 Å². The van der Waals surface area contributed by atoms with Crippen LogP contribution in [-0.4, -0.2) is 46.7 Å². The number of likely N-dealkylation sites (tertiary alicyclic amines) is 1. The Bertz CT molecular complexity index is 652. The molecule has 7 heteroatoms. The number of aliphatic hydroxyl groups is 1. The van der Waals surface area contributed by atoms with Crippen LogP contribution in [0.4, 0.5) is 9.18 Å². The fourth-order valence-corrected chi connectivity index (χ4v) is 3.18. The molecule has 1 aliphatic heterocycles. The molecule has 0 aliphatic carbocycles. The van der Waals surface area contributed by atoms with Crippen LogP contribution in [-0.2, 0) is 9.53 Å². The van der Waals surface area contributed by atoms with Crippen LogP contribution in [0.5, 0.6) is 0 Å². The highest BCUT2D eigenvalue weighted by Gasteiger charge is 2.37. The molecular weight excluding hydrogens is 339 g/mol. The zero-order valence-electron chi connectivity index (χ0n) is 15.7. The Morgan fingerprint density at radius 1 is 1.46 bits per heavy atom. The summed E-state index contributed by atoms with van der Waals surface area (Å²) in [6, 6.07) is 4.10. The lowest BCUT2D eigenvalue weighted by molar-refractivity contribution is -0.130. The van der Waals surface area contributed by atoms with Crippen molar-refractivity contribution in [3.8, 4) is 0 Å². The van der Waals surface area contributed by atoms with Crippen LogP contribution in [0.3, 0.4) is 0 Å². The number of hydrogen-bond acceptors (Lipinski definition) is 4. The molecule has 26 heavy (non-hydrogen) atoms. The van der Waals surface area contributed by atoms with Crippen molar-refractivity contribution in [2.45, 2.75) is 58.3 Å². The molecule has 2 rings (SSSR count). The summed E-state index contributed by atoms with van der Waals surface area (Å²) in [4.78, 5) is 25.4. The van der Waals surface area contributed by atoms with E-state index in [0.717, 1.165) is 0 Å². The maximum absolute atomic E-state index is 14.2. The SMILES string of the molecule is Cc1cccc(F)c1C(O)[C@@H]1CCC(=O)N1CCNC(=O)OC(C)(C)C. The highest BCUT2D eigenvalue weighted by Crippen LogP contribution is 2.32. The topological polar surface area (TPSA) is 78.9 Å². The van der Waals surface area contributed by atoms with Crippen LogP contribution < -0.4 is 5.32 Å². The number of carbonyl (C=O) groups excluding carboxylic acids is 2. The second kappa shape index (κ2) is 8.03. The molecule has 0 aromatic heterocycles. The zero-order chi connectivity index (χ0) is 19.5. The number of rotatable bonds is 5. The fraction of sp³-hybridized carbons (Fsp3) is 0.579. The van der Waals surface area contributed by atoms with E-state index in [0.29, 0.717) is 18.4 Å². The van der Waals surface area contributed by atoms with Gasteiger partial charge in [0.05, 0.1) is 6.04 Å². The van der Waals surface area contributed by atoms with Gasteiger partial charge in [-0.2, -0.15) is 0 Å². The summed E-state index contributed by atoms with van der Waals surface area (Å²) in [5, 5.41) is 13.3. The number of aliphatic hydroxyl groups excluding tert-OH is 1. The maximum atomic E-state index is 14.2. The number of nitrogens with zero attached hydrogens (tertiary/aromatic N) is 1. The molecule has 1 saturated heterocycles. The molecule has 144 valence electrons. The van der Waals surface area contributed by atoms with Crippen LogP contribution in [0, 0.1) is 12.7 Å². The van der Waals surface area contributed by atoms with Gasteiger partial charge in [0.15, 0.2) is 0 Å². The van der Waals surface area contributed by atoms with Crippen LogP contribution in [0.1, 0.15) is 50.8 Å². The van der Waals surface area contributed by atoms with Crippen molar-refractivity contribution in [1.82, 2.24) is 10.2 Å². The van der Waals surface area contributed by atoms with E-state index < -0.39 is 29.7 Å². The highest BCUT2D eigenvalue weighted by molar-refractivity contribution is 5.79. The molecule has 1 fully saturated rings. The molecule has 0 saturated carbocycles. The van der Waals surface area contributed by atoms with Gasteiger partial charge < -0.3 is 20.1 Å². The van der Waals surface area contributed by atoms with Crippen molar-refractivity contribution in [2.75, 3.05) is 13.1 Å². The van der Waals surface area contributed by atoms with Gasteiger partial charge in [0.2, 0.25) is 5.91 Å². The van der Waals surface area contributed by atoms with Crippen LogP contribution in [0.2, 0.25) is 0 Å². The summed E-state index contributed by atoms with van der Waals surface area (Å²) in [5.41, 5.74) is 0.259. The van der Waals surface area contributed by atoms with E-state index in [4.69, 9.17) is 4.74 Å². The van der Waals surface area contributed by atoms with Gasteiger partial charge in [-0.3, -0.25) is 4.79 Å². The molecule has 1 unspecified atom stereocenters. The van der Waals surface area contributed by atoms with Crippen LogP contribution in [0.15, 0.2) is 18.2 Å². The summed E-state index contributed by atoms with van der Waals surface area (Å²) in [7, 11) is 0. The number of ether oxygens (including phenoxy) is 1. The Hall–Kier alpha value is -2.15. The van der Waals surface area contributed by atoms with Gasteiger partial charge in [-0.25, -0.2) is 9.18 Å². The minimum absolute atomic E-state index is 0.117. The molecule has 2 amide bonds. The number of benzene rings is 1. The molecule has 6 nitrogen and oxygen atoms in total. The number of alkyl carbamates (subject to hydrolysis) is 1. The lowest BCUT2D eigenvalue weighted by Crippen LogP contribution is -2.43. The molecule has 2 atom stereocenters. The van der Waals surface area contributed by atoms with Gasteiger partial charge in [0.25, 0.3) is 0 Å². The average molecular weight is 366 g/mol. The molecule has 1 heterocycles. The van der Waals surface area contributed by atoms with E-state index in [-0.39, 0.29) is 24.6 Å². The molecule has 2 N–H and O–H groups in total. The Kier molecular flexibility index (Phi) is 6.23. The molecular formula is C19H27FN2O4. The molecule has 1 aliphatic rings. The Morgan fingerprint density at radius 3 is 2.77 bits per heavy atom. The quantitative estimate of drug-likeness (QED) is 0.840. The van der Waals surface area contributed by atoms with E-state index in [1.165, 1.54) is 11.0 Å². The minimum atomic E-state index is -1.11. The van der Waals surface area contributed by atoms with E-state index in [9.17, 15) is 19.1 Å². The molecule has 1 aromatic rings. The lowest BCUT2D eigenvalue weighted by atomic mass is 9.96. The number of nitrogens with one attached hydrogen (secondary N) is 1. The number of carbonyl (C=O) groups is 2. The third-order valence-electron chi connectivity index (χ3n) is 4.33. The third kappa shape index (κ3) is 4.94. The summed E-state index contributed by atoms with van der Waals surface area (Å²) in [5.74, 6) is -0.599. The Balaban J connectivity index is 2.01. The van der Waals surface area contributed by atoms with E-state index in [1.54, 1.807) is 39.8 Å². The van der Waals surface area contributed by atoms with Crippen molar-refractivity contribution in [3.63, 3.8) is 0 Å². The zero-order valence-corrected chi connectivity index (χ0v) is 15.7. The highest BCUT2D eigenvalue weighted by atomic mass is 19.1. The first-order valence-corrected chi connectivity index (χ1v) is 8.79. The number of aryl methyl sites for hydroxylation is 1. The summed E-state index contributed by atoms with van der Waals surface area (Å²) < 4.78 is 19.3. The standard InChI is InChI=1S/C19H27FN2O4/c1-12-6-5-7-13(20)16(12)17(24)14-8-9-15(23)22(14)11-10-21-18(25)26-19(2,3)4/h5-7,14,17,24H,8-11H2,1-4H3,(H,21,25)/t14-,17?/m0/s1. The summed E-state index contributed by atoms with van der Waals surface area (Å²) in [6.07, 6.45) is -0.933. The van der Waals surface area contributed by atoms with Crippen molar-refractivity contribution in [1.29, 1.82) is 0 Å². The van der Waals surface area contributed by atoms with Gasteiger partial charge in [0.1, 0.15) is 17.5 Å². The fourth-order valence-electron chi connectivity index (χ4n) is 3.18. The second-order valence-electron chi connectivity index (χ2n) is 7.54. The third-order valence-corrected chi connectivity index (χ3v) is 4.33. The van der Waals surface area contributed by atoms with Crippen molar-refractivity contribution in [3.05, 3.63) is 35.1 Å². The first-order valence-electron chi connectivity index (χ1n) is 8.79. The first-order chi connectivity index (χ1) is 12.1. The average Bonchev–Trinajstić information content (AvgIpc) is 2.86. The molecule has 0 spiro atoms. The van der Waals surface area contributed by atoms with E-state index >= 15 is 0 Å². The predicted molar refractivity (Wildman–Crippen MR) is 95.1 cm³/mol. The van der Waals surface area contributed by atoms with Crippen LogP contribution >= 0.6 is 0 Å². The summed E-state index contributed by atoms with van der Waals surface area (Å²) >= 11 is 0. The van der Waals surface area contributed by atoms with Gasteiger partial charge in [-0.15, -0.1) is 0 Å². The number of hydrogen-bond donors (Lipinski definition) is 2. The lowest BCUT2D eigenvalue weighted by Gasteiger charge is -2.30. The largest absolute Gasteiger partial charge is 0.444 e. The monoisotopic (exact) mass is 366 g/mol. The van der Waals surface area contributed by atoms with Crippen molar-refractivity contribution in [2.24, 2.45) is 0 Å². The maximum Gasteiger partial charge on any atom is 0.407 e. The second-order valence-corrected chi connectivity index (χ2v) is 7.54. The molecule has 0 radical (unpaired) electrons. The normalized spacial score (nSPS) is 18.8. The minimum Gasteiger partial charge on any atom is -0.444 e. The van der Waals surface area contributed by atoms with Gasteiger partial charge in [-0.1, -0.05) is 12.1 Å². The van der Waals surface area contributed by atoms with E-state index in [1.807, 2.05) is 0 Å². The van der Waals surface area contributed by atoms with Gasteiger partial charge in [-0.05, 0) is 45.7 Å². The van der Waals surface area contributed by atoms with Gasteiger partial charge in [0, 0.05) is 25.1 Å².